The van der Waals surface area contributed by atoms with Crippen LogP contribution >= 0.6 is 0 Å². The molecule has 5 heteroatoms. The van der Waals surface area contributed by atoms with Gasteiger partial charge in [-0.3, -0.25) is 9.59 Å². The van der Waals surface area contributed by atoms with E-state index in [0.29, 0.717) is 13.1 Å². The molecule has 3 rings (SSSR count). The van der Waals surface area contributed by atoms with Gasteiger partial charge in [-0.2, -0.15) is 0 Å². The smallest absolute Gasteiger partial charge is 0.307 e. The van der Waals surface area contributed by atoms with Crippen LogP contribution in [0.3, 0.4) is 0 Å². The SMILES string of the molecule is COC(=O)CCN(Cc1ccccc1)C(=O)[C@@H](C)c1ccc2cc(OC)ccc2c1. The molecule has 0 saturated heterocycles. The number of rotatable bonds is 8. The lowest BCUT2D eigenvalue weighted by Crippen LogP contribution is -2.35. The maximum absolute atomic E-state index is 13.3. The Kier molecular flexibility index (Phi) is 7.07. The van der Waals surface area contributed by atoms with Gasteiger partial charge >= 0.3 is 5.97 Å². The second-order valence-corrected chi connectivity index (χ2v) is 7.27. The summed E-state index contributed by atoms with van der Waals surface area (Å²) >= 11 is 0. The second kappa shape index (κ2) is 9.92. The summed E-state index contributed by atoms with van der Waals surface area (Å²) in [5.41, 5.74) is 1.96. The molecule has 30 heavy (non-hydrogen) atoms. The van der Waals surface area contributed by atoms with Gasteiger partial charge < -0.3 is 14.4 Å². The Morgan fingerprint density at radius 1 is 0.933 bits per heavy atom. The Bertz CT molecular complexity index is 1020. The maximum atomic E-state index is 13.3. The summed E-state index contributed by atoms with van der Waals surface area (Å²) < 4.78 is 10.0. The van der Waals surface area contributed by atoms with Crippen LogP contribution in [0.5, 0.6) is 5.75 Å². The molecule has 0 saturated carbocycles. The number of fused-ring (bicyclic) bond motifs is 1. The van der Waals surface area contributed by atoms with Gasteiger partial charge in [0.15, 0.2) is 0 Å². The largest absolute Gasteiger partial charge is 0.497 e. The molecule has 1 atom stereocenters. The van der Waals surface area contributed by atoms with E-state index in [9.17, 15) is 9.59 Å². The molecule has 0 aromatic heterocycles. The highest BCUT2D eigenvalue weighted by atomic mass is 16.5. The minimum atomic E-state index is -0.335. The van der Waals surface area contributed by atoms with Gasteiger partial charge in [0.05, 0.1) is 26.6 Å². The summed E-state index contributed by atoms with van der Waals surface area (Å²) in [6, 6.07) is 21.7. The summed E-state index contributed by atoms with van der Waals surface area (Å²) in [7, 11) is 3.00. The fourth-order valence-corrected chi connectivity index (χ4v) is 3.45. The Morgan fingerprint density at radius 2 is 1.63 bits per heavy atom. The van der Waals surface area contributed by atoms with Crippen LogP contribution in [0, 0.1) is 0 Å². The van der Waals surface area contributed by atoms with Crippen molar-refractivity contribution in [3.63, 3.8) is 0 Å². The first-order valence-corrected chi connectivity index (χ1v) is 9.99. The van der Waals surface area contributed by atoms with Gasteiger partial charge in [0, 0.05) is 13.1 Å². The van der Waals surface area contributed by atoms with Crippen LogP contribution in [0.25, 0.3) is 10.8 Å². The van der Waals surface area contributed by atoms with Gasteiger partial charge in [-0.15, -0.1) is 0 Å². The van der Waals surface area contributed by atoms with E-state index >= 15 is 0 Å². The number of ether oxygens (including phenoxy) is 2. The average molecular weight is 405 g/mol. The highest BCUT2D eigenvalue weighted by molar-refractivity contribution is 5.88. The van der Waals surface area contributed by atoms with Crippen LogP contribution in [0.2, 0.25) is 0 Å². The highest BCUT2D eigenvalue weighted by Crippen LogP contribution is 2.26. The van der Waals surface area contributed by atoms with Crippen molar-refractivity contribution in [1.82, 2.24) is 4.90 Å². The highest BCUT2D eigenvalue weighted by Gasteiger charge is 2.23. The zero-order valence-electron chi connectivity index (χ0n) is 17.6. The summed E-state index contributed by atoms with van der Waals surface area (Å²) in [5.74, 6) is 0.123. The maximum Gasteiger partial charge on any atom is 0.307 e. The minimum absolute atomic E-state index is 0.0179. The molecular weight excluding hydrogens is 378 g/mol. The van der Waals surface area contributed by atoms with Gasteiger partial charge in [0.2, 0.25) is 5.91 Å². The zero-order valence-corrected chi connectivity index (χ0v) is 17.6. The van der Waals surface area contributed by atoms with E-state index in [2.05, 4.69) is 0 Å². The Labute approximate surface area is 177 Å². The quantitative estimate of drug-likeness (QED) is 0.516. The zero-order chi connectivity index (χ0) is 21.5. The lowest BCUT2D eigenvalue weighted by atomic mass is 9.96. The van der Waals surface area contributed by atoms with Crippen LogP contribution in [0.1, 0.15) is 30.4 Å². The average Bonchev–Trinajstić information content (AvgIpc) is 2.80. The van der Waals surface area contributed by atoms with Gasteiger partial charge in [-0.1, -0.05) is 54.6 Å². The van der Waals surface area contributed by atoms with Crippen LogP contribution in [-0.4, -0.2) is 37.5 Å². The fourth-order valence-electron chi connectivity index (χ4n) is 3.45. The van der Waals surface area contributed by atoms with Crippen molar-refractivity contribution < 1.29 is 19.1 Å². The van der Waals surface area contributed by atoms with Crippen LogP contribution in [-0.2, 0) is 20.9 Å². The molecular formula is C25H27NO4. The van der Waals surface area contributed by atoms with E-state index in [1.807, 2.05) is 73.7 Å². The van der Waals surface area contributed by atoms with E-state index < -0.39 is 0 Å². The van der Waals surface area contributed by atoms with Crippen molar-refractivity contribution >= 4 is 22.6 Å². The molecule has 3 aromatic carbocycles. The molecule has 0 bridgehead atoms. The Hall–Kier alpha value is -3.34. The first-order valence-electron chi connectivity index (χ1n) is 9.99. The van der Waals surface area contributed by atoms with E-state index in [-0.39, 0.29) is 24.2 Å². The topological polar surface area (TPSA) is 55.8 Å². The number of hydrogen-bond acceptors (Lipinski definition) is 4. The van der Waals surface area contributed by atoms with Crippen LogP contribution < -0.4 is 4.74 Å². The number of nitrogens with zero attached hydrogens (tertiary/aromatic N) is 1. The Balaban J connectivity index is 1.82. The van der Waals surface area contributed by atoms with Crippen molar-refractivity contribution in [3.05, 3.63) is 77.9 Å². The third kappa shape index (κ3) is 5.17. The van der Waals surface area contributed by atoms with Gasteiger partial charge in [-0.05, 0) is 41.0 Å². The van der Waals surface area contributed by atoms with Gasteiger partial charge in [0.25, 0.3) is 0 Å². The molecule has 156 valence electrons. The molecule has 0 spiro atoms. The molecule has 0 aliphatic carbocycles. The predicted octanol–water partition coefficient (Wildman–Crippen LogP) is 4.54. The monoisotopic (exact) mass is 405 g/mol. The standard InChI is InChI=1S/C25H27NO4/c1-18(20-9-10-22-16-23(29-2)12-11-21(22)15-20)25(28)26(14-13-24(27)30-3)17-19-7-5-4-6-8-19/h4-12,15-16,18H,13-14,17H2,1-3H3/t18-/m0/s1. The number of hydrogen-bond donors (Lipinski definition) is 0. The number of amides is 1. The number of esters is 1. The van der Waals surface area contributed by atoms with Crippen LogP contribution in [0.4, 0.5) is 0 Å². The van der Waals surface area contributed by atoms with E-state index in [1.165, 1.54) is 7.11 Å². The third-order valence-corrected chi connectivity index (χ3v) is 5.28. The van der Waals surface area contributed by atoms with Crippen molar-refractivity contribution in [3.8, 4) is 5.75 Å². The van der Waals surface area contributed by atoms with Crippen LogP contribution in [0.15, 0.2) is 66.7 Å². The molecule has 0 radical (unpaired) electrons. The van der Waals surface area contributed by atoms with E-state index in [1.54, 1.807) is 12.0 Å². The number of carbonyl (C=O) groups is 2. The van der Waals surface area contributed by atoms with Crippen molar-refractivity contribution in [2.75, 3.05) is 20.8 Å². The Morgan fingerprint density at radius 3 is 2.33 bits per heavy atom. The molecule has 0 aliphatic rings. The molecule has 0 aliphatic heterocycles. The van der Waals surface area contributed by atoms with Crippen molar-refractivity contribution in [2.45, 2.75) is 25.8 Å². The molecule has 0 unspecified atom stereocenters. The lowest BCUT2D eigenvalue weighted by molar-refractivity contribution is -0.142. The fraction of sp³-hybridized carbons (Fsp3) is 0.280. The summed E-state index contributed by atoms with van der Waals surface area (Å²) in [5, 5.41) is 2.11. The summed E-state index contributed by atoms with van der Waals surface area (Å²) in [6.07, 6.45) is 0.166. The van der Waals surface area contributed by atoms with Crippen molar-refractivity contribution in [1.29, 1.82) is 0 Å². The van der Waals surface area contributed by atoms with Crippen molar-refractivity contribution in [2.24, 2.45) is 0 Å². The first-order chi connectivity index (χ1) is 14.5. The number of benzene rings is 3. The number of methoxy groups -OCH3 is 2. The van der Waals surface area contributed by atoms with E-state index in [0.717, 1.165) is 27.6 Å². The third-order valence-electron chi connectivity index (χ3n) is 5.28. The first kappa shape index (κ1) is 21.4. The van der Waals surface area contributed by atoms with E-state index in [4.69, 9.17) is 9.47 Å². The minimum Gasteiger partial charge on any atom is -0.497 e. The molecule has 5 nitrogen and oxygen atoms in total. The number of carbonyl (C=O) groups excluding carboxylic acids is 2. The molecule has 0 fully saturated rings. The molecule has 0 N–H and O–H groups in total. The molecule has 1 amide bonds. The lowest BCUT2D eigenvalue weighted by Gasteiger charge is -2.26. The van der Waals surface area contributed by atoms with Gasteiger partial charge in [-0.25, -0.2) is 0 Å². The predicted molar refractivity (Wildman–Crippen MR) is 117 cm³/mol. The normalized spacial score (nSPS) is 11.7. The second-order valence-electron chi connectivity index (χ2n) is 7.27. The van der Waals surface area contributed by atoms with Gasteiger partial charge in [0.1, 0.15) is 5.75 Å². The molecule has 0 heterocycles. The summed E-state index contributed by atoms with van der Waals surface area (Å²) in [6.45, 7) is 2.67. The molecule has 3 aromatic rings. The summed E-state index contributed by atoms with van der Waals surface area (Å²) in [4.78, 5) is 26.7.